The Kier molecular flexibility index (Phi) is 5.33. The number of ether oxygens (including phenoxy) is 1. The topological polar surface area (TPSA) is 58.6 Å². The highest BCUT2D eigenvalue weighted by Gasteiger charge is 2.07. The van der Waals surface area contributed by atoms with Crippen LogP contribution in [0.5, 0.6) is 5.75 Å². The average molecular weight is 237 g/mol. The third-order valence-electron chi connectivity index (χ3n) is 2.44. The summed E-state index contributed by atoms with van der Waals surface area (Å²) in [6.45, 7) is 4.11. The van der Waals surface area contributed by atoms with Crippen LogP contribution in [0.25, 0.3) is 0 Å². The van der Waals surface area contributed by atoms with Gasteiger partial charge in [-0.05, 0) is 44.4 Å². The van der Waals surface area contributed by atoms with Gasteiger partial charge in [0.05, 0.1) is 6.61 Å². The zero-order chi connectivity index (χ0) is 12.7. The molecule has 94 valence electrons. The van der Waals surface area contributed by atoms with Crippen molar-refractivity contribution in [2.75, 3.05) is 6.61 Å². The Hall–Kier alpha value is -1.71. The molecule has 1 atom stereocenters. The van der Waals surface area contributed by atoms with Crippen LogP contribution in [0.1, 0.15) is 25.8 Å². The van der Waals surface area contributed by atoms with Crippen molar-refractivity contribution in [3.63, 3.8) is 0 Å². The number of phenols is 1. The summed E-state index contributed by atoms with van der Waals surface area (Å²) in [6, 6.07) is 7.17. The quantitative estimate of drug-likeness (QED) is 0.827. The first kappa shape index (κ1) is 13.4. The molecule has 1 unspecified atom stereocenters. The zero-order valence-corrected chi connectivity index (χ0v) is 10.3. The van der Waals surface area contributed by atoms with Crippen LogP contribution < -0.4 is 5.32 Å². The van der Waals surface area contributed by atoms with Gasteiger partial charge in [-0.1, -0.05) is 12.1 Å². The molecule has 0 aliphatic rings. The van der Waals surface area contributed by atoms with Crippen molar-refractivity contribution < 1.29 is 14.6 Å². The van der Waals surface area contributed by atoms with E-state index in [0.29, 0.717) is 6.61 Å². The average Bonchev–Trinajstić information content (AvgIpc) is 2.28. The van der Waals surface area contributed by atoms with Gasteiger partial charge < -0.3 is 15.2 Å². The van der Waals surface area contributed by atoms with Crippen molar-refractivity contribution in [3.8, 4) is 5.75 Å². The lowest BCUT2D eigenvalue weighted by Gasteiger charge is -2.13. The van der Waals surface area contributed by atoms with Gasteiger partial charge in [-0.25, -0.2) is 4.79 Å². The van der Waals surface area contributed by atoms with Gasteiger partial charge >= 0.3 is 6.09 Å². The van der Waals surface area contributed by atoms with Gasteiger partial charge in [-0.2, -0.15) is 0 Å². The zero-order valence-electron chi connectivity index (χ0n) is 10.3. The summed E-state index contributed by atoms with van der Waals surface area (Å²) in [7, 11) is 0. The van der Waals surface area contributed by atoms with Crippen LogP contribution in [-0.2, 0) is 11.2 Å². The van der Waals surface area contributed by atoms with Crippen molar-refractivity contribution in [1.29, 1.82) is 0 Å². The maximum absolute atomic E-state index is 11.1. The molecule has 0 radical (unpaired) electrons. The fraction of sp³-hybridized carbons (Fsp3) is 0.462. The Labute approximate surface area is 102 Å². The molecule has 17 heavy (non-hydrogen) atoms. The molecule has 0 aliphatic heterocycles. The number of carbonyl (C=O) groups is 1. The Balaban J connectivity index is 2.30. The lowest BCUT2D eigenvalue weighted by molar-refractivity contribution is 0.148. The maximum atomic E-state index is 11.1. The fourth-order valence-corrected chi connectivity index (χ4v) is 1.49. The molecule has 0 saturated heterocycles. The second kappa shape index (κ2) is 6.78. The standard InChI is InChI=1S/C13H19NO3/c1-3-17-13(16)14-10(2)4-5-11-6-8-12(15)9-7-11/h6-10,15H,3-5H2,1-2H3,(H,14,16). The molecular weight excluding hydrogens is 218 g/mol. The van der Waals surface area contributed by atoms with E-state index in [4.69, 9.17) is 9.84 Å². The largest absolute Gasteiger partial charge is 0.508 e. The molecule has 0 aromatic heterocycles. The number of hydrogen-bond donors (Lipinski definition) is 2. The minimum Gasteiger partial charge on any atom is -0.508 e. The molecule has 0 heterocycles. The van der Waals surface area contributed by atoms with E-state index < -0.39 is 0 Å². The third-order valence-corrected chi connectivity index (χ3v) is 2.44. The second-order valence-corrected chi connectivity index (χ2v) is 3.97. The van der Waals surface area contributed by atoms with E-state index >= 15 is 0 Å². The van der Waals surface area contributed by atoms with E-state index in [1.165, 1.54) is 0 Å². The summed E-state index contributed by atoms with van der Waals surface area (Å²) >= 11 is 0. The van der Waals surface area contributed by atoms with E-state index in [1.807, 2.05) is 19.1 Å². The fourth-order valence-electron chi connectivity index (χ4n) is 1.49. The van der Waals surface area contributed by atoms with Crippen LogP contribution in [0.15, 0.2) is 24.3 Å². The van der Waals surface area contributed by atoms with Gasteiger partial charge in [0.2, 0.25) is 0 Å². The molecule has 0 fully saturated rings. The number of phenolic OH excluding ortho intramolecular Hbond substituents is 1. The van der Waals surface area contributed by atoms with Gasteiger partial charge in [0.1, 0.15) is 5.75 Å². The Morgan fingerprint density at radius 1 is 1.41 bits per heavy atom. The first-order chi connectivity index (χ1) is 8.11. The third kappa shape index (κ3) is 5.24. The highest BCUT2D eigenvalue weighted by Crippen LogP contribution is 2.11. The molecule has 1 aromatic rings. The van der Waals surface area contributed by atoms with Crippen molar-refractivity contribution >= 4 is 6.09 Å². The normalized spacial score (nSPS) is 11.9. The predicted octanol–water partition coefficient (Wildman–Crippen LogP) is 2.46. The summed E-state index contributed by atoms with van der Waals surface area (Å²) in [5, 5.41) is 11.9. The van der Waals surface area contributed by atoms with Crippen LogP contribution in [0.4, 0.5) is 4.79 Å². The van der Waals surface area contributed by atoms with Crippen LogP contribution in [0, 0.1) is 0 Å². The molecule has 4 nitrogen and oxygen atoms in total. The molecule has 0 bridgehead atoms. The monoisotopic (exact) mass is 237 g/mol. The highest BCUT2D eigenvalue weighted by molar-refractivity contribution is 5.67. The Morgan fingerprint density at radius 3 is 2.65 bits per heavy atom. The van der Waals surface area contributed by atoms with E-state index in [9.17, 15) is 4.79 Å². The van der Waals surface area contributed by atoms with E-state index in [2.05, 4.69) is 5.32 Å². The highest BCUT2D eigenvalue weighted by atomic mass is 16.5. The predicted molar refractivity (Wildman–Crippen MR) is 66.0 cm³/mol. The molecule has 2 N–H and O–H groups in total. The number of carbonyl (C=O) groups excluding carboxylic acids is 1. The molecule has 4 heteroatoms. The lowest BCUT2D eigenvalue weighted by atomic mass is 10.1. The first-order valence-corrected chi connectivity index (χ1v) is 5.83. The number of amides is 1. The number of alkyl carbamates (subject to hydrolysis) is 1. The van der Waals surface area contributed by atoms with Gasteiger partial charge in [0.15, 0.2) is 0 Å². The van der Waals surface area contributed by atoms with Crippen molar-refractivity contribution in [1.82, 2.24) is 5.32 Å². The molecule has 0 aliphatic carbocycles. The van der Waals surface area contributed by atoms with Gasteiger partial charge in [0.25, 0.3) is 0 Å². The molecular formula is C13H19NO3. The summed E-state index contributed by atoms with van der Waals surface area (Å²) in [5.41, 5.74) is 1.14. The van der Waals surface area contributed by atoms with Crippen molar-refractivity contribution in [2.45, 2.75) is 32.7 Å². The minimum atomic E-state index is -0.370. The number of rotatable bonds is 5. The Morgan fingerprint density at radius 2 is 2.06 bits per heavy atom. The molecule has 0 spiro atoms. The minimum absolute atomic E-state index is 0.0721. The number of hydrogen-bond acceptors (Lipinski definition) is 3. The van der Waals surface area contributed by atoms with Crippen LogP contribution in [0.3, 0.4) is 0 Å². The van der Waals surface area contributed by atoms with Crippen LogP contribution in [0.2, 0.25) is 0 Å². The van der Waals surface area contributed by atoms with E-state index in [-0.39, 0.29) is 17.9 Å². The summed E-state index contributed by atoms with van der Waals surface area (Å²) < 4.78 is 4.80. The number of nitrogens with one attached hydrogen (secondary N) is 1. The first-order valence-electron chi connectivity index (χ1n) is 5.83. The summed E-state index contributed by atoms with van der Waals surface area (Å²) in [6.07, 6.45) is 1.32. The van der Waals surface area contributed by atoms with Gasteiger partial charge in [-0.15, -0.1) is 0 Å². The van der Waals surface area contributed by atoms with Crippen LogP contribution in [-0.4, -0.2) is 23.8 Å². The molecule has 1 aromatic carbocycles. The van der Waals surface area contributed by atoms with Gasteiger partial charge in [0, 0.05) is 6.04 Å². The number of aromatic hydroxyl groups is 1. The lowest BCUT2D eigenvalue weighted by Crippen LogP contribution is -2.33. The van der Waals surface area contributed by atoms with E-state index in [0.717, 1.165) is 18.4 Å². The smallest absolute Gasteiger partial charge is 0.407 e. The molecule has 1 amide bonds. The number of aryl methyl sites for hydroxylation is 1. The second-order valence-electron chi connectivity index (χ2n) is 3.97. The summed E-state index contributed by atoms with van der Waals surface area (Å²) in [4.78, 5) is 11.1. The van der Waals surface area contributed by atoms with E-state index in [1.54, 1.807) is 19.1 Å². The van der Waals surface area contributed by atoms with Gasteiger partial charge in [-0.3, -0.25) is 0 Å². The Bertz CT molecular complexity index is 348. The van der Waals surface area contributed by atoms with Crippen molar-refractivity contribution in [2.24, 2.45) is 0 Å². The maximum Gasteiger partial charge on any atom is 0.407 e. The van der Waals surface area contributed by atoms with Crippen LogP contribution >= 0.6 is 0 Å². The summed E-state index contributed by atoms with van der Waals surface area (Å²) in [5.74, 6) is 0.270. The van der Waals surface area contributed by atoms with Crippen molar-refractivity contribution in [3.05, 3.63) is 29.8 Å². The SMILES string of the molecule is CCOC(=O)NC(C)CCc1ccc(O)cc1. The number of benzene rings is 1. The molecule has 0 saturated carbocycles. The molecule has 1 rings (SSSR count).